The van der Waals surface area contributed by atoms with Crippen LogP contribution in [0.1, 0.15) is 37.7 Å². The Hall–Kier alpha value is -0.770. The third-order valence-corrected chi connectivity index (χ3v) is 5.11. The lowest BCUT2D eigenvalue weighted by Gasteiger charge is -2.42. The average Bonchev–Trinajstić information content (AvgIpc) is 2.51. The van der Waals surface area contributed by atoms with E-state index in [2.05, 4.69) is 0 Å². The number of methoxy groups -OCH3 is 1. The number of likely N-dealkylation sites (tertiary alicyclic amines) is 1. The number of benzene rings is 1. The summed E-state index contributed by atoms with van der Waals surface area (Å²) in [5.74, 6) is -0.125. The maximum atomic E-state index is 11.3. The number of quaternary nitrogens is 1. The normalized spacial score (nSPS) is 17.2. The van der Waals surface area contributed by atoms with Crippen LogP contribution in [0, 0.1) is 0 Å². The summed E-state index contributed by atoms with van der Waals surface area (Å²) in [6, 6.07) is 5.74. The van der Waals surface area contributed by atoms with Gasteiger partial charge in [-0.2, -0.15) is 0 Å². The molecule has 0 aliphatic carbocycles. The number of nitrogens with zero attached hydrogens (tertiary/aromatic N) is 1. The molecule has 0 aromatic heterocycles. The van der Waals surface area contributed by atoms with Gasteiger partial charge >= 0.3 is 5.97 Å². The molecule has 0 N–H and O–H groups in total. The first-order valence-electron chi connectivity index (χ1n) is 7.90. The summed E-state index contributed by atoms with van der Waals surface area (Å²) in [5, 5.41) is 1.41. The summed E-state index contributed by atoms with van der Waals surface area (Å²) < 4.78 is 5.75. The topological polar surface area (TPSA) is 26.3 Å². The van der Waals surface area contributed by atoms with Crippen LogP contribution in [0.4, 0.5) is 0 Å². The van der Waals surface area contributed by atoms with Crippen LogP contribution in [0.15, 0.2) is 18.2 Å². The van der Waals surface area contributed by atoms with E-state index in [0.717, 1.165) is 47.7 Å². The van der Waals surface area contributed by atoms with Crippen molar-refractivity contribution in [2.24, 2.45) is 0 Å². The van der Waals surface area contributed by atoms with Gasteiger partial charge in [0.05, 0.1) is 38.2 Å². The zero-order valence-electron chi connectivity index (χ0n) is 13.1. The Bertz CT molecular complexity index is 513. The zero-order valence-corrected chi connectivity index (χ0v) is 14.6. The van der Waals surface area contributed by atoms with Crippen LogP contribution >= 0.6 is 23.2 Å². The van der Waals surface area contributed by atoms with Gasteiger partial charge in [0.25, 0.3) is 0 Å². The van der Waals surface area contributed by atoms with Crippen molar-refractivity contribution in [1.29, 1.82) is 0 Å². The van der Waals surface area contributed by atoms with E-state index in [4.69, 9.17) is 27.9 Å². The molecule has 3 nitrogen and oxygen atoms in total. The molecule has 0 unspecified atom stereocenters. The van der Waals surface area contributed by atoms with Crippen LogP contribution in [0.5, 0.6) is 0 Å². The molecule has 0 spiro atoms. The van der Waals surface area contributed by atoms with E-state index in [1.807, 2.05) is 18.2 Å². The van der Waals surface area contributed by atoms with Crippen LogP contribution < -0.4 is 0 Å². The molecule has 1 aromatic rings. The predicted octanol–water partition coefficient (Wildman–Crippen LogP) is 4.45. The molecule has 0 radical (unpaired) electrons. The Balaban J connectivity index is 2.06. The monoisotopic (exact) mass is 344 g/mol. The van der Waals surface area contributed by atoms with Crippen LogP contribution in [-0.4, -0.2) is 37.2 Å². The summed E-state index contributed by atoms with van der Waals surface area (Å²) in [7, 11) is 1.45. The van der Waals surface area contributed by atoms with Crippen LogP contribution in [0.25, 0.3) is 0 Å². The fourth-order valence-electron chi connectivity index (χ4n) is 3.32. The van der Waals surface area contributed by atoms with Gasteiger partial charge in [-0.05, 0) is 31.4 Å². The molecular weight excluding hydrogens is 321 g/mol. The molecule has 0 atom stereocenters. The van der Waals surface area contributed by atoms with Crippen molar-refractivity contribution in [3.8, 4) is 0 Å². The van der Waals surface area contributed by atoms with Crippen LogP contribution in [-0.2, 0) is 16.1 Å². The first kappa shape index (κ1) is 17.6. The molecule has 1 saturated heterocycles. The van der Waals surface area contributed by atoms with Crippen molar-refractivity contribution in [2.45, 2.75) is 38.6 Å². The van der Waals surface area contributed by atoms with E-state index in [-0.39, 0.29) is 5.97 Å². The minimum atomic E-state index is -0.125. The van der Waals surface area contributed by atoms with Gasteiger partial charge in [0, 0.05) is 17.0 Å². The van der Waals surface area contributed by atoms with Gasteiger partial charge in [0.1, 0.15) is 6.54 Å². The highest BCUT2D eigenvalue weighted by Crippen LogP contribution is 2.28. The van der Waals surface area contributed by atoms with Gasteiger partial charge in [-0.3, -0.25) is 4.79 Å². The number of carbonyl (C=O) groups is 1. The molecule has 5 heteroatoms. The van der Waals surface area contributed by atoms with Gasteiger partial charge in [-0.1, -0.05) is 29.3 Å². The molecule has 0 bridgehead atoms. The van der Waals surface area contributed by atoms with Crippen molar-refractivity contribution in [3.05, 3.63) is 33.8 Å². The largest absolute Gasteiger partial charge is 0.469 e. The Morgan fingerprint density at radius 2 is 1.95 bits per heavy atom. The second-order valence-corrected chi connectivity index (χ2v) is 6.99. The number of carbonyl (C=O) groups excluding carboxylic acids is 1. The summed E-state index contributed by atoms with van der Waals surface area (Å²) in [5.41, 5.74) is 1.14. The lowest BCUT2D eigenvalue weighted by Crippen LogP contribution is -2.51. The fourth-order valence-corrected chi connectivity index (χ4v) is 3.78. The van der Waals surface area contributed by atoms with Crippen molar-refractivity contribution >= 4 is 29.2 Å². The summed E-state index contributed by atoms with van der Waals surface area (Å²) in [6.07, 6.45) is 5.13. The van der Waals surface area contributed by atoms with Gasteiger partial charge in [-0.25, -0.2) is 0 Å². The smallest absolute Gasteiger partial charge is 0.305 e. The van der Waals surface area contributed by atoms with Gasteiger partial charge < -0.3 is 9.22 Å². The number of hydrogen-bond acceptors (Lipinski definition) is 2. The predicted molar refractivity (Wildman–Crippen MR) is 90.1 cm³/mol. The molecule has 22 heavy (non-hydrogen) atoms. The Morgan fingerprint density at radius 3 is 2.59 bits per heavy atom. The quantitative estimate of drug-likeness (QED) is 0.563. The minimum Gasteiger partial charge on any atom is -0.469 e. The molecule has 1 aromatic carbocycles. The van der Waals surface area contributed by atoms with E-state index >= 15 is 0 Å². The summed E-state index contributed by atoms with van der Waals surface area (Å²) >= 11 is 12.3. The first-order chi connectivity index (χ1) is 10.5. The van der Waals surface area contributed by atoms with Crippen LogP contribution in [0.2, 0.25) is 10.0 Å². The molecule has 0 saturated carbocycles. The molecule has 1 heterocycles. The Kier molecular flexibility index (Phi) is 6.54. The van der Waals surface area contributed by atoms with Crippen molar-refractivity contribution in [3.63, 3.8) is 0 Å². The van der Waals surface area contributed by atoms with Crippen molar-refractivity contribution in [1.82, 2.24) is 0 Å². The highest BCUT2D eigenvalue weighted by molar-refractivity contribution is 6.35. The molecule has 0 amide bonds. The summed E-state index contributed by atoms with van der Waals surface area (Å²) in [6.45, 7) is 4.21. The molecular formula is C17H24Cl2NO2+. The van der Waals surface area contributed by atoms with E-state index in [1.54, 1.807) is 0 Å². The summed E-state index contributed by atoms with van der Waals surface area (Å²) in [4.78, 5) is 11.3. The fraction of sp³-hybridized carbons (Fsp3) is 0.588. The number of rotatable bonds is 6. The Morgan fingerprint density at radius 1 is 1.23 bits per heavy atom. The second-order valence-electron chi connectivity index (χ2n) is 6.15. The van der Waals surface area contributed by atoms with Crippen molar-refractivity contribution in [2.75, 3.05) is 26.7 Å². The van der Waals surface area contributed by atoms with E-state index < -0.39 is 0 Å². The second kappa shape index (κ2) is 8.19. The maximum absolute atomic E-state index is 11.3. The van der Waals surface area contributed by atoms with E-state index in [1.165, 1.54) is 26.4 Å². The lowest BCUT2D eigenvalue weighted by atomic mass is 10.0. The van der Waals surface area contributed by atoms with Gasteiger partial charge in [0.15, 0.2) is 0 Å². The van der Waals surface area contributed by atoms with Gasteiger partial charge in [-0.15, -0.1) is 0 Å². The highest BCUT2D eigenvalue weighted by Gasteiger charge is 2.30. The van der Waals surface area contributed by atoms with Crippen LogP contribution in [0.3, 0.4) is 0 Å². The third kappa shape index (κ3) is 4.87. The Labute approximate surface area is 142 Å². The minimum absolute atomic E-state index is 0.125. The standard InChI is InChI=1S/C17H24Cl2NO2/c1-22-17(21)6-5-11-20(9-3-2-4-10-20)13-14-7-8-15(18)12-16(14)19/h7-8,12H,2-6,9-11,13H2,1H3/q+1. The van der Waals surface area contributed by atoms with Crippen molar-refractivity contribution < 1.29 is 14.0 Å². The zero-order chi connectivity index (χ0) is 16.0. The molecule has 1 fully saturated rings. The number of ether oxygens (including phenoxy) is 1. The first-order valence-corrected chi connectivity index (χ1v) is 8.66. The number of esters is 1. The van der Waals surface area contributed by atoms with E-state index in [9.17, 15) is 4.79 Å². The number of halogens is 2. The third-order valence-electron chi connectivity index (χ3n) is 4.53. The average molecular weight is 345 g/mol. The highest BCUT2D eigenvalue weighted by atomic mass is 35.5. The molecule has 1 aliphatic rings. The molecule has 122 valence electrons. The van der Waals surface area contributed by atoms with E-state index in [0.29, 0.717) is 11.4 Å². The SMILES string of the molecule is COC(=O)CCC[N+]1(Cc2ccc(Cl)cc2Cl)CCCCC1. The molecule has 1 aliphatic heterocycles. The number of hydrogen-bond donors (Lipinski definition) is 0. The maximum Gasteiger partial charge on any atom is 0.305 e. The molecule has 2 rings (SSSR count). The van der Waals surface area contributed by atoms with Gasteiger partial charge in [0.2, 0.25) is 0 Å². The lowest BCUT2D eigenvalue weighted by molar-refractivity contribution is -0.945. The number of piperidine rings is 1.